The third kappa shape index (κ3) is 19.0. The summed E-state index contributed by atoms with van der Waals surface area (Å²) in [5.74, 6) is -7.67. The molecule has 22 heteroatoms. The molecule has 0 N–H and O–H groups in total. The molecule has 4 amide bonds. The van der Waals surface area contributed by atoms with Gasteiger partial charge in [-0.05, 0) is 110 Å². The number of ether oxygens (including phenoxy) is 4. The molecule has 1 fully saturated rings. The largest absolute Gasteiger partial charge is 0.451 e. The van der Waals surface area contributed by atoms with Gasteiger partial charge in [-0.15, -0.1) is 0 Å². The number of carbonyl (C=O) groups is 8. The van der Waals surface area contributed by atoms with Crippen LogP contribution in [0.5, 0.6) is 0 Å². The van der Waals surface area contributed by atoms with Crippen LogP contribution in [0.15, 0.2) is 122 Å². The van der Waals surface area contributed by atoms with Gasteiger partial charge in [0.2, 0.25) is 0 Å². The number of pyridine rings is 2. The van der Waals surface area contributed by atoms with E-state index in [0.29, 0.717) is 24.2 Å². The van der Waals surface area contributed by atoms with Gasteiger partial charge in [0, 0.05) is 76.9 Å². The highest BCUT2D eigenvalue weighted by Crippen LogP contribution is 2.26. The zero-order valence-electron chi connectivity index (χ0n) is 55.5. The van der Waals surface area contributed by atoms with Crippen molar-refractivity contribution in [3.63, 3.8) is 0 Å². The van der Waals surface area contributed by atoms with Crippen LogP contribution in [0, 0.1) is 23.7 Å². The van der Waals surface area contributed by atoms with Gasteiger partial charge in [0.15, 0.2) is 24.4 Å². The molecule has 492 valence electrons. The van der Waals surface area contributed by atoms with E-state index in [4.69, 9.17) is 18.9 Å². The van der Waals surface area contributed by atoms with Gasteiger partial charge in [-0.3, -0.25) is 38.5 Å². The summed E-state index contributed by atoms with van der Waals surface area (Å²) < 4.78 is 28.0. The normalized spacial score (nSPS) is 21.7. The van der Waals surface area contributed by atoms with Crippen LogP contribution in [0.1, 0.15) is 117 Å². The minimum Gasteiger partial charge on any atom is -0.451 e. The van der Waals surface area contributed by atoms with Crippen LogP contribution in [-0.2, 0) is 83.2 Å². The van der Waals surface area contributed by atoms with E-state index in [1.54, 1.807) is 46.3 Å². The maximum absolute atomic E-state index is 15.3. The first kappa shape index (κ1) is 70.4. The molecule has 5 heterocycles. The Bertz CT molecular complexity index is 3250. The van der Waals surface area contributed by atoms with Crippen molar-refractivity contribution < 1.29 is 57.3 Å². The lowest BCUT2D eigenvalue weighted by atomic mass is 9.99. The minimum atomic E-state index is -1.58. The molecule has 1 aliphatic heterocycles. The lowest BCUT2D eigenvalue weighted by molar-refractivity contribution is -0.176. The fraction of sp³-hybridized carbons (Fsp3) is 0.486. The highest BCUT2D eigenvalue weighted by molar-refractivity contribution is 5.94. The third-order valence-electron chi connectivity index (χ3n) is 16.2. The number of amides is 4. The number of aromatic nitrogens is 6. The van der Waals surface area contributed by atoms with Crippen LogP contribution >= 0.6 is 0 Å². The van der Waals surface area contributed by atoms with Gasteiger partial charge in [0.25, 0.3) is 23.6 Å². The van der Waals surface area contributed by atoms with Crippen LogP contribution < -0.4 is 0 Å². The molecule has 1 aliphatic rings. The van der Waals surface area contributed by atoms with Crippen molar-refractivity contribution in [3.8, 4) is 22.5 Å². The summed E-state index contributed by atoms with van der Waals surface area (Å²) in [6.07, 6.45) is 4.29. The Hall–Kier alpha value is -9.08. The van der Waals surface area contributed by atoms with Crippen molar-refractivity contribution in [2.75, 3.05) is 28.2 Å². The van der Waals surface area contributed by atoms with E-state index in [1.165, 1.54) is 42.0 Å². The average Bonchev–Trinajstić information content (AvgIpc) is 1.10. The summed E-state index contributed by atoms with van der Waals surface area (Å²) in [5, 5.41) is 9.10. The third-order valence-corrected chi connectivity index (χ3v) is 16.2. The SMILES string of the molecule is CC(C)C[C@H]1C(=O)O[C@H](Cc2cccc(Cn3cc(-c4ccccn4)cn3)c2)C(=O)N(C)[C@@H](CC(C)C)C(=O)O[C@H](C)C(=O)N(C)[C@@H](CC(C)C)C(=O)O[C@H](Cc2cccc(Cn3cc(-c4ccccn4)cn3)c2)C(=O)N(C)[C@@H](CC(C)C)C(=O)O[C@H](C)C(=O)N1C. The molecular weight excluding hydrogens is 1170 g/mol. The number of carbonyl (C=O) groups excluding carboxylic acids is 8. The van der Waals surface area contributed by atoms with E-state index < -0.39 is 96.1 Å². The van der Waals surface area contributed by atoms with Crippen molar-refractivity contribution in [2.45, 2.75) is 169 Å². The number of esters is 4. The molecule has 0 spiro atoms. The first-order valence-electron chi connectivity index (χ1n) is 31.6. The van der Waals surface area contributed by atoms with Crippen LogP contribution in [-0.4, -0.2) is 173 Å². The Labute approximate surface area is 539 Å². The Kier molecular flexibility index (Phi) is 24.7. The summed E-state index contributed by atoms with van der Waals surface area (Å²) in [6.45, 7) is 18.2. The van der Waals surface area contributed by atoms with E-state index >= 15 is 9.59 Å². The van der Waals surface area contributed by atoms with E-state index in [9.17, 15) is 28.8 Å². The highest BCUT2D eigenvalue weighted by Gasteiger charge is 2.43. The predicted octanol–water partition coefficient (Wildman–Crippen LogP) is 8.28. The molecule has 92 heavy (non-hydrogen) atoms. The van der Waals surface area contributed by atoms with Crippen molar-refractivity contribution >= 4 is 47.5 Å². The summed E-state index contributed by atoms with van der Waals surface area (Å²) >= 11 is 0. The molecular formula is C70H90N10O12. The average molecular weight is 1260 g/mol. The van der Waals surface area contributed by atoms with Gasteiger partial charge in [-0.1, -0.05) is 116 Å². The van der Waals surface area contributed by atoms with E-state index in [1.807, 2.05) is 141 Å². The fourth-order valence-corrected chi connectivity index (χ4v) is 11.2. The molecule has 2 aromatic carbocycles. The van der Waals surface area contributed by atoms with Crippen molar-refractivity contribution in [1.82, 2.24) is 49.1 Å². The molecule has 0 radical (unpaired) electrons. The molecule has 22 nitrogen and oxygen atoms in total. The summed E-state index contributed by atoms with van der Waals surface area (Å²) in [5.41, 5.74) is 5.94. The van der Waals surface area contributed by atoms with Crippen LogP contribution in [0.4, 0.5) is 0 Å². The number of likely N-dealkylation sites (N-methyl/N-ethyl adjacent to an activating group) is 4. The molecule has 0 aliphatic carbocycles. The zero-order chi connectivity index (χ0) is 67.1. The van der Waals surface area contributed by atoms with Gasteiger partial charge in [-0.25, -0.2) is 19.2 Å². The molecule has 1 saturated heterocycles. The minimum absolute atomic E-state index is 0.0609. The predicted molar refractivity (Wildman–Crippen MR) is 344 cm³/mol. The molecule has 0 unspecified atom stereocenters. The van der Waals surface area contributed by atoms with E-state index in [-0.39, 0.29) is 62.2 Å². The maximum atomic E-state index is 15.3. The van der Waals surface area contributed by atoms with Crippen molar-refractivity contribution in [3.05, 3.63) is 144 Å². The number of nitrogens with zero attached hydrogens (tertiary/aromatic N) is 10. The second kappa shape index (κ2) is 32.3. The second-order valence-electron chi connectivity index (χ2n) is 25.7. The number of hydrogen-bond donors (Lipinski definition) is 0. The Morgan fingerprint density at radius 2 is 0.717 bits per heavy atom. The first-order chi connectivity index (χ1) is 43.7. The summed E-state index contributed by atoms with van der Waals surface area (Å²) in [7, 11) is 5.57. The standard InChI is InChI=1S/C70H90N10O12/c1-43(2)29-57-67(85)89-47(9)63(81)75(11)60(32-46(7)8)70(88)92-62(36-50-22-20-24-52(34-50)40-80-42-54(38-74-80)56-26-16-18-28-72-56)66(84)78(14)58(30-44(3)4)68(86)90-48(10)64(82)76(12)59(31-45(5)6)69(87)91-61(65(83)77(57)13)35-49-21-19-23-51(33-49)39-79-41-53(37-73-79)55-25-15-17-27-71-55/h15-28,33-34,37-38,41-48,57-62H,29-32,35-36,39-40H2,1-14H3/t47-,48-,57+,58+,59+,60+,61-,62-/m1/s1. The van der Waals surface area contributed by atoms with Crippen molar-refractivity contribution in [1.29, 1.82) is 0 Å². The Balaban J connectivity index is 1.25. The highest BCUT2D eigenvalue weighted by atomic mass is 16.6. The lowest BCUT2D eigenvalue weighted by Crippen LogP contribution is -2.55. The van der Waals surface area contributed by atoms with Crippen molar-refractivity contribution in [2.24, 2.45) is 23.7 Å². The second-order valence-corrected chi connectivity index (χ2v) is 25.7. The maximum Gasteiger partial charge on any atom is 0.329 e. The molecule has 0 saturated carbocycles. The van der Waals surface area contributed by atoms with E-state index in [2.05, 4.69) is 20.2 Å². The van der Waals surface area contributed by atoms with Crippen LogP contribution in [0.2, 0.25) is 0 Å². The number of benzene rings is 2. The van der Waals surface area contributed by atoms with Crippen LogP contribution in [0.25, 0.3) is 22.5 Å². The van der Waals surface area contributed by atoms with Gasteiger partial charge in [0.05, 0.1) is 36.9 Å². The topological polar surface area (TPSA) is 248 Å². The fourth-order valence-electron chi connectivity index (χ4n) is 11.2. The van der Waals surface area contributed by atoms with Crippen LogP contribution in [0.3, 0.4) is 0 Å². The van der Waals surface area contributed by atoms with Gasteiger partial charge < -0.3 is 38.5 Å². The van der Waals surface area contributed by atoms with Gasteiger partial charge in [-0.2, -0.15) is 10.2 Å². The molecule has 0 bridgehead atoms. The summed E-state index contributed by atoms with van der Waals surface area (Å²) in [6, 6.07) is 20.6. The molecule has 7 rings (SSSR count). The first-order valence-corrected chi connectivity index (χ1v) is 31.6. The summed E-state index contributed by atoms with van der Waals surface area (Å²) in [4.78, 5) is 133. The molecule has 4 aromatic heterocycles. The van der Waals surface area contributed by atoms with E-state index in [0.717, 1.165) is 53.2 Å². The Morgan fingerprint density at radius 3 is 1.03 bits per heavy atom. The van der Waals surface area contributed by atoms with Gasteiger partial charge >= 0.3 is 23.9 Å². The smallest absolute Gasteiger partial charge is 0.329 e. The Morgan fingerprint density at radius 1 is 0.402 bits per heavy atom. The lowest BCUT2D eigenvalue weighted by Gasteiger charge is -2.35. The zero-order valence-corrected chi connectivity index (χ0v) is 55.5. The number of rotatable bonds is 18. The number of hydrogen-bond acceptors (Lipinski definition) is 16. The molecule has 8 atom stereocenters. The quantitative estimate of drug-likeness (QED) is 0.0580. The molecule has 6 aromatic rings. The monoisotopic (exact) mass is 1260 g/mol. The van der Waals surface area contributed by atoms with Gasteiger partial charge in [0.1, 0.15) is 24.2 Å². The number of cyclic esters (lactones) is 4.